The Hall–Kier alpha value is -0.910. The number of benzene rings is 1. The highest BCUT2D eigenvalue weighted by Crippen LogP contribution is 2.22. The SMILES string of the molecule is COC1CCN(Cc2ccc(C(=O)O)cc2Br)C1. The molecule has 1 fully saturated rings. The van der Waals surface area contributed by atoms with Crippen LogP contribution in [0.25, 0.3) is 0 Å². The second-order valence-corrected chi connectivity index (χ2v) is 5.35. The second kappa shape index (κ2) is 5.82. The van der Waals surface area contributed by atoms with Gasteiger partial charge in [0.15, 0.2) is 0 Å². The maximum atomic E-state index is 10.8. The first-order chi connectivity index (χ1) is 8.60. The van der Waals surface area contributed by atoms with Gasteiger partial charge in [-0.25, -0.2) is 4.79 Å². The Morgan fingerprint density at radius 1 is 1.61 bits per heavy atom. The Balaban J connectivity index is 2.04. The van der Waals surface area contributed by atoms with E-state index in [2.05, 4.69) is 20.8 Å². The van der Waals surface area contributed by atoms with Crippen molar-refractivity contribution in [3.63, 3.8) is 0 Å². The van der Waals surface area contributed by atoms with Gasteiger partial charge in [-0.1, -0.05) is 22.0 Å². The molecule has 0 saturated carbocycles. The zero-order valence-corrected chi connectivity index (χ0v) is 11.8. The molecule has 1 heterocycles. The van der Waals surface area contributed by atoms with E-state index in [9.17, 15) is 4.79 Å². The van der Waals surface area contributed by atoms with Gasteiger partial charge < -0.3 is 9.84 Å². The van der Waals surface area contributed by atoms with Crippen molar-refractivity contribution in [1.29, 1.82) is 0 Å². The number of halogens is 1. The minimum Gasteiger partial charge on any atom is -0.478 e. The molecule has 1 unspecified atom stereocenters. The average molecular weight is 314 g/mol. The predicted octanol–water partition coefficient (Wildman–Crippen LogP) is 2.37. The number of carboxylic acids is 1. The summed E-state index contributed by atoms with van der Waals surface area (Å²) in [6.45, 7) is 2.77. The number of hydrogen-bond donors (Lipinski definition) is 1. The van der Waals surface area contributed by atoms with Gasteiger partial charge in [-0.15, -0.1) is 0 Å². The van der Waals surface area contributed by atoms with Gasteiger partial charge in [-0.3, -0.25) is 4.90 Å². The molecule has 2 rings (SSSR count). The molecule has 1 atom stereocenters. The fourth-order valence-electron chi connectivity index (χ4n) is 2.18. The first-order valence-corrected chi connectivity index (χ1v) is 6.66. The molecule has 1 aromatic carbocycles. The summed E-state index contributed by atoms with van der Waals surface area (Å²) in [4.78, 5) is 13.2. The molecule has 1 aliphatic rings. The summed E-state index contributed by atoms with van der Waals surface area (Å²) < 4.78 is 6.18. The molecule has 0 radical (unpaired) electrons. The molecule has 0 aliphatic carbocycles. The lowest BCUT2D eigenvalue weighted by Crippen LogP contribution is -2.22. The van der Waals surface area contributed by atoms with Crippen LogP contribution in [-0.4, -0.2) is 42.3 Å². The normalized spacial score (nSPS) is 20.2. The highest BCUT2D eigenvalue weighted by atomic mass is 79.9. The molecule has 0 amide bonds. The lowest BCUT2D eigenvalue weighted by Gasteiger charge is -2.16. The van der Waals surface area contributed by atoms with Gasteiger partial charge >= 0.3 is 5.97 Å². The van der Waals surface area contributed by atoms with Crippen molar-refractivity contribution in [2.75, 3.05) is 20.2 Å². The first-order valence-electron chi connectivity index (χ1n) is 5.87. The minimum absolute atomic E-state index is 0.307. The van der Waals surface area contributed by atoms with Crippen molar-refractivity contribution in [2.45, 2.75) is 19.1 Å². The van der Waals surface area contributed by atoms with Crippen molar-refractivity contribution in [1.82, 2.24) is 4.90 Å². The number of methoxy groups -OCH3 is 1. The standard InChI is InChI=1S/C13H16BrNO3/c1-18-11-4-5-15(8-11)7-10-3-2-9(13(16)17)6-12(10)14/h2-3,6,11H,4-5,7-8H2,1H3,(H,16,17). The zero-order chi connectivity index (χ0) is 13.1. The van der Waals surface area contributed by atoms with Crippen LogP contribution in [0.15, 0.2) is 22.7 Å². The van der Waals surface area contributed by atoms with Crippen LogP contribution in [0, 0.1) is 0 Å². The minimum atomic E-state index is -0.900. The zero-order valence-electron chi connectivity index (χ0n) is 10.2. The first kappa shape index (κ1) is 13.5. The molecule has 0 spiro atoms. The van der Waals surface area contributed by atoms with E-state index in [1.54, 1.807) is 19.2 Å². The van der Waals surface area contributed by atoms with Crippen LogP contribution in [0.3, 0.4) is 0 Å². The van der Waals surface area contributed by atoms with Crippen molar-refractivity contribution >= 4 is 21.9 Å². The van der Waals surface area contributed by atoms with Crippen molar-refractivity contribution in [2.24, 2.45) is 0 Å². The van der Waals surface area contributed by atoms with Crippen LogP contribution in [-0.2, 0) is 11.3 Å². The van der Waals surface area contributed by atoms with E-state index >= 15 is 0 Å². The van der Waals surface area contributed by atoms with Crippen LogP contribution >= 0.6 is 15.9 Å². The molecule has 1 saturated heterocycles. The molecular formula is C13H16BrNO3. The van der Waals surface area contributed by atoms with Gasteiger partial charge in [0.05, 0.1) is 11.7 Å². The number of carboxylic acid groups (broad SMARTS) is 1. The predicted molar refractivity (Wildman–Crippen MR) is 71.8 cm³/mol. The Kier molecular flexibility index (Phi) is 4.37. The van der Waals surface area contributed by atoms with E-state index in [0.29, 0.717) is 11.7 Å². The molecule has 98 valence electrons. The molecule has 0 bridgehead atoms. The molecule has 4 nitrogen and oxygen atoms in total. The number of rotatable bonds is 4. The fourth-order valence-corrected chi connectivity index (χ4v) is 2.69. The van der Waals surface area contributed by atoms with Gasteiger partial charge in [0, 0.05) is 31.2 Å². The van der Waals surface area contributed by atoms with Crippen LogP contribution in [0.2, 0.25) is 0 Å². The van der Waals surface area contributed by atoms with E-state index in [1.165, 1.54) is 0 Å². The summed E-state index contributed by atoms with van der Waals surface area (Å²) in [5, 5.41) is 8.90. The van der Waals surface area contributed by atoms with E-state index in [4.69, 9.17) is 9.84 Å². The van der Waals surface area contributed by atoms with Crippen LogP contribution in [0.1, 0.15) is 22.3 Å². The smallest absolute Gasteiger partial charge is 0.335 e. The van der Waals surface area contributed by atoms with Gasteiger partial charge in [0.1, 0.15) is 0 Å². The fraction of sp³-hybridized carbons (Fsp3) is 0.462. The third-order valence-corrected chi connectivity index (χ3v) is 3.99. The quantitative estimate of drug-likeness (QED) is 0.927. The maximum Gasteiger partial charge on any atom is 0.335 e. The molecule has 18 heavy (non-hydrogen) atoms. The maximum absolute atomic E-state index is 10.8. The van der Waals surface area contributed by atoms with Gasteiger partial charge in [0.25, 0.3) is 0 Å². The van der Waals surface area contributed by atoms with Gasteiger partial charge in [-0.05, 0) is 24.1 Å². The number of nitrogens with zero attached hydrogens (tertiary/aromatic N) is 1. The highest BCUT2D eigenvalue weighted by Gasteiger charge is 2.22. The van der Waals surface area contributed by atoms with Gasteiger partial charge in [0.2, 0.25) is 0 Å². The van der Waals surface area contributed by atoms with Crippen LogP contribution in [0.4, 0.5) is 0 Å². The number of hydrogen-bond acceptors (Lipinski definition) is 3. The van der Waals surface area contributed by atoms with E-state index in [-0.39, 0.29) is 0 Å². The largest absolute Gasteiger partial charge is 0.478 e. The summed E-state index contributed by atoms with van der Waals surface area (Å²) in [6.07, 6.45) is 1.38. The molecule has 1 aliphatic heterocycles. The third kappa shape index (κ3) is 3.10. The summed E-state index contributed by atoms with van der Waals surface area (Å²) in [6, 6.07) is 5.17. The molecule has 1 aromatic rings. The second-order valence-electron chi connectivity index (χ2n) is 4.49. The summed E-state index contributed by atoms with van der Waals surface area (Å²) >= 11 is 3.43. The lowest BCUT2D eigenvalue weighted by molar-refractivity contribution is 0.0697. The Labute approximate surface area is 115 Å². The van der Waals surface area contributed by atoms with E-state index < -0.39 is 5.97 Å². The van der Waals surface area contributed by atoms with Crippen molar-refractivity contribution in [3.8, 4) is 0 Å². The number of aromatic carboxylic acids is 1. The van der Waals surface area contributed by atoms with Gasteiger partial charge in [-0.2, -0.15) is 0 Å². The summed E-state index contributed by atoms with van der Waals surface area (Å²) in [5.41, 5.74) is 1.42. The summed E-state index contributed by atoms with van der Waals surface area (Å²) in [7, 11) is 1.74. The molecule has 1 N–H and O–H groups in total. The number of carbonyl (C=O) groups is 1. The van der Waals surface area contributed by atoms with Crippen LogP contribution in [0.5, 0.6) is 0 Å². The summed E-state index contributed by atoms with van der Waals surface area (Å²) in [5.74, 6) is -0.900. The monoisotopic (exact) mass is 313 g/mol. The van der Waals surface area contributed by atoms with Crippen molar-refractivity contribution in [3.05, 3.63) is 33.8 Å². The highest BCUT2D eigenvalue weighted by molar-refractivity contribution is 9.10. The van der Waals surface area contributed by atoms with E-state index in [1.807, 2.05) is 6.07 Å². The Bertz CT molecular complexity index is 450. The van der Waals surface area contributed by atoms with Crippen molar-refractivity contribution < 1.29 is 14.6 Å². The van der Waals surface area contributed by atoms with Crippen LogP contribution < -0.4 is 0 Å². The average Bonchev–Trinajstić information content (AvgIpc) is 2.79. The molecule has 5 heteroatoms. The number of likely N-dealkylation sites (tertiary alicyclic amines) is 1. The lowest BCUT2D eigenvalue weighted by atomic mass is 10.1. The molecular weight excluding hydrogens is 298 g/mol. The number of ether oxygens (including phenoxy) is 1. The third-order valence-electron chi connectivity index (χ3n) is 3.26. The van der Waals surface area contributed by atoms with E-state index in [0.717, 1.165) is 36.1 Å². The Morgan fingerprint density at radius 3 is 2.94 bits per heavy atom. The topological polar surface area (TPSA) is 49.8 Å². The Morgan fingerprint density at radius 2 is 2.39 bits per heavy atom. The molecule has 0 aromatic heterocycles.